The summed E-state index contributed by atoms with van der Waals surface area (Å²) in [5, 5.41) is 9.02. The summed E-state index contributed by atoms with van der Waals surface area (Å²) in [6, 6.07) is -2.38. The average Bonchev–Trinajstić information content (AvgIpc) is 2.17. The van der Waals surface area contributed by atoms with Gasteiger partial charge in [-0.1, -0.05) is 6.07 Å². The second-order valence-corrected chi connectivity index (χ2v) is 3.38. The minimum atomic E-state index is -5.12. The van der Waals surface area contributed by atoms with Crippen LogP contribution in [0, 0.1) is 5.82 Å². The Morgan fingerprint density at radius 2 is 1.56 bits per heavy atom. The van der Waals surface area contributed by atoms with Crippen molar-refractivity contribution in [1.82, 2.24) is 0 Å². The predicted molar refractivity (Wildman–Crippen MR) is 46.1 cm³/mol. The first-order chi connectivity index (χ1) is 7.96. The van der Waals surface area contributed by atoms with Gasteiger partial charge in [-0.25, -0.2) is 4.39 Å². The zero-order valence-electron chi connectivity index (χ0n) is 8.40. The standard InChI is InChI=1S/C9H6F7NO/c10-5-4(8(11,12)13)2-1-3(6(5)18)7(17)9(14,15)16/h1-2,7,18H,17H2/t7-/m1/s1. The van der Waals surface area contributed by atoms with E-state index in [0.29, 0.717) is 6.07 Å². The maximum atomic E-state index is 13.1. The monoisotopic (exact) mass is 277 g/mol. The maximum Gasteiger partial charge on any atom is 0.419 e. The lowest BCUT2D eigenvalue weighted by atomic mass is 10.0. The fourth-order valence-corrected chi connectivity index (χ4v) is 1.23. The molecular weight excluding hydrogens is 271 g/mol. The molecule has 1 atom stereocenters. The Labute approximate surface area is 95.8 Å². The van der Waals surface area contributed by atoms with Gasteiger partial charge in [0.1, 0.15) is 6.04 Å². The van der Waals surface area contributed by atoms with E-state index in [4.69, 9.17) is 5.11 Å². The number of phenolic OH excluding ortho intramolecular Hbond substituents is 1. The fraction of sp³-hybridized carbons (Fsp3) is 0.333. The van der Waals surface area contributed by atoms with Gasteiger partial charge >= 0.3 is 12.4 Å². The molecule has 2 nitrogen and oxygen atoms in total. The number of hydrogen-bond donors (Lipinski definition) is 2. The molecule has 0 aliphatic heterocycles. The quantitative estimate of drug-likeness (QED) is 0.775. The van der Waals surface area contributed by atoms with Crippen molar-refractivity contribution in [2.24, 2.45) is 5.73 Å². The van der Waals surface area contributed by atoms with Crippen molar-refractivity contribution >= 4 is 0 Å². The third-order valence-corrected chi connectivity index (χ3v) is 2.14. The Morgan fingerprint density at radius 3 is 1.94 bits per heavy atom. The average molecular weight is 277 g/mol. The molecule has 0 bridgehead atoms. The number of alkyl halides is 6. The molecule has 0 fully saturated rings. The van der Waals surface area contributed by atoms with Crippen LogP contribution in [0.3, 0.4) is 0 Å². The highest BCUT2D eigenvalue weighted by Crippen LogP contribution is 2.40. The number of rotatable bonds is 1. The van der Waals surface area contributed by atoms with Crippen LogP contribution in [0.25, 0.3) is 0 Å². The molecule has 0 spiro atoms. The van der Waals surface area contributed by atoms with Gasteiger partial charge in [0, 0.05) is 5.56 Å². The van der Waals surface area contributed by atoms with Gasteiger partial charge in [0.15, 0.2) is 11.6 Å². The summed E-state index contributed by atoms with van der Waals surface area (Å²) in [4.78, 5) is 0. The molecule has 0 heterocycles. The highest BCUT2D eigenvalue weighted by molar-refractivity contribution is 5.41. The highest BCUT2D eigenvalue weighted by atomic mass is 19.4. The topological polar surface area (TPSA) is 46.2 Å². The SMILES string of the molecule is N[C@H](c1ccc(C(F)(F)F)c(F)c1O)C(F)(F)F. The van der Waals surface area contributed by atoms with E-state index in [1.807, 2.05) is 0 Å². The summed E-state index contributed by atoms with van der Waals surface area (Å²) in [6.07, 6.45) is -10.1. The molecule has 18 heavy (non-hydrogen) atoms. The van der Waals surface area contributed by atoms with E-state index in [2.05, 4.69) is 5.73 Å². The van der Waals surface area contributed by atoms with E-state index in [1.165, 1.54) is 0 Å². The van der Waals surface area contributed by atoms with Crippen LogP contribution in [0.2, 0.25) is 0 Å². The van der Waals surface area contributed by atoms with Crippen molar-refractivity contribution in [2.45, 2.75) is 18.4 Å². The van der Waals surface area contributed by atoms with E-state index in [-0.39, 0.29) is 6.07 Å². The Bertz CT molecular complexity index is 451. The third-order valence-electron chi connectivity index (χ3n) is 2.14. The normalized spacial score (nSPS) is 14.7. The summed E-state index contributed by atoms with van der Waals surface area (Å²) in [6.45, 7) is 0. The van der Waals surface area contributed by atoms with Crippen molar-refractivity contribution in [3.63, 3.8) is 0 Å². The lowest BCUT2D eigenvalue weighted by molar-refractivity contribution is -0.149. The van der Waals surface area contributed by atoms with Crippen LogP contribution in [-0.4, -0.2) is 11.3 Å². The first-order valence-corrected chi connectivity index (χ1v) is 4.37. The number of benzene rings is 1. The number of nitrogens with two attached hydrogens (primary N) is 1. The van der Waals surface area contributed by atoms with Crippen LogP contribution in [0.4, 0.5) is 30.7 Å². The van der Waals surface area contributed by atoms with Crippen LogP contribution in [-0.2, 0) is 6.18 Å². The van der Waals surface area contributed by atoms with Gasteiger partial charge in [0.25, 0.3) is 0 Å². The van der Waals surface area contributed by atoms with Crippen LogP contribution in [0.5, 0.6) is 5.75 Å². The van der Waals surface area contributed by atoms with Gasteiger partial charge in [-0.3, -0.25) is 0 Å². The Kier molecular flexibility index (Phi) is 3.48. The van der Waals surface area contributed by atoms with Crippen LogP contribution in [0.1, 0.15) is 17.2 Å². The molecule has 0 amide bonds. The zero-order valence-corrected chi connectivity index (χ0v) is 8.40. The van der Waals surface area contributed by atoms with E-state index in [9.17, 15) is 30.7 Å². The third kappa shape index (κ3) is 2.66. The van der Waals surface area contributed by atoms with E-state index in [0.717, 1.165) is 0 Å². The summed E-state index contributed by atoms with van der Waals surface area (Å²) >= 11 is 0. The van der Waals surface area contributed by atoms with Crippen molar-refractivity contribution < 1.29 is 35.8 Å². The molecule has 3 N–H and O–H groups in total. The molecule has 1 aromatic rings. The summed E-state index contributed by atoms with van der Waals surface area (Å²) in [5.41, 5.74) is 1.65. The fourth-order valence-electron chi connectivity index (χ4n) is 1.23. The molecule has 0 aliphatic rings. The van der Waals surface area contributed by atoms with Gasteiger partial charge in [0.2, 0.25) is 0 Å². The number of phenols is 1. The molecule has 102 valence electrons. The minimum Gasteiger partial charge on any atom is -0.505 e. The lowest BCUT2D eigenvalue weighted by Crippen LogP contribution is -2.28. The van der Waals surface area contributed by atoms with E-state index < -0.39 is 41.1 Å². The first kappa shape index (κ1) is 14.6. The molecule has 0 unspecified atom stereocenters. The zero-order chi connectivity index (χ0) is 14.3. The predicted octanol–water partition coefficient (Wildman–Crippen LogP) is 3.11. The van der Waals surface area contributed by atoms with Gasteiger partial charge in [-0.2, -0.15) is 26.3 Å². The summed E-state index contributed by atoms with van der Waals surface area (Å²) < 4.78 is 86.3. The smallest absolute Gasteiger partial charge is 0.419 e. The van der Waals surface area contributed by atoms with E-state index in [1.54, 1.807) is 0 Å². The van der Waals surface area contributed by atoms with Crippen molar-refractivity contribution in [1.29, 1.82) is 0 Å². The van der Waals surface area contributed by atoms with Crippen LogP contribution in [0.15, 0.2) is 12.1 Å². The molecule has 0 aromatic heterocycles. The number of hydrogen-bond acceptors (Lipinski definition) is 2. The number of aromatic hydroxyl groups is 1. The molecule has 1 rings (SSSR count). The lowest BCUT2D eigenvalue weighted by Gasteiger charge is -2.18. The molecule has 9 heteroatoms. The van der Waals surface area contributed by atoms with Gasteiger partial charge < -0.3 is 10.8 Å². The van der Waals surface area contributed by atoms with E-state index >= 15 is 0 Å². The Morgan fingerprint density at radius 1 is 1.06 bits per heavy atom. The van der Waals surface area contributed by atoms with Gasteiger partial charge in [-0.05, 0) is 6.07 Å². The number of halogens is 7. The molecular formula is C9H6F7NO. The highest BCUT2D eigenvalue weighted by Gasteiger charge is 2.42. The summed E-state index contributed by atoms with van der Waals surface area (Å²) in [7, 11) is 0. The van der Waals surface area contributed by atoms with Crippen LogP contribution < -0.4 is 5.73 Å². The maximum absolute atomic E-state index is 13.1. The second kappa shape index (κ2) is 4.30. The Balaban J connectivity index is 3.34. The molecule has 0 saturated carbocycles. The molecule has 0 saturated heterocycles. The van der Waals surface area contributed by atoms with Gasteiger partial charge in [0.05, 0.1) is 5.56 Å². The van der Waals surface area contributed by atoms with Crippen molar-refractivity contribution in [3.8, 4) is 5.75 Å². The first-order valence-electron chi connectivity index (χ1n) is 4.37. The van der Waals surface area contributed by atoms with Crippen molar-refractivity contribution in [3.05, 3.63) is 29.1 Å². The molecule has 0 radical (unpaired) electrons. The minimum absolute atomic E-state index is 0.0932. The second-order valence-electron chi connectivity index (χ2n) is 3.38. The Hall–Kier alpha value is -1.51. The van der Waals surface area contributed by atoms with Crippen molar-refractivity contribution in [2.75, 3.05) is 0 Å². The summed E-state index contributed by atoms with van der Waals surface area (Å²) in [5.74, 6) is -3.94. The van der Waals surface area contributed by atoms with Crippen LogP contribution >= 0.6 is 0 Å². The molecule has 0 aliphatic carbocycles. The van der Waals surface area contributed by atoms with Gasteiger partial charge in [-0.15, -0.1) is 0 Å². The molecule has 1 aromatic carbocycles. The largest absolute Gasteiger partial charge is 0.505 e.